The van der Waals surface area contributed by atoms with E-state index in [1.54, 1.807) is 23.1 Å². The third-order valence-corrected chi connectivity index (χ3v) is 3.43. The van der Waals surface area contributed by atoms with E-state index in [2.05, 4.69) is 15.4 Å². The fourth-order valence-electron chi connectivity index (χ4n) is 2.13. The van der Waals surface area contributed by atoms with Crippen LogP contribution in [0.15, 0.2) is 30.6 Å². The first kappa shape index (κ1) is 13.7. The molecule has 0 atom stereocenters. The van der Waals surface area contributed by atoms with Crippen molar-refractivity contribution in [3.8, 4) is 11.4 Å². The van der Waals surface area contributed by atoms with Gasteiger partial charge in [0.25, 0.3) is 5.69 Å². The van der Waals surface area contributed by atoms with Crippen molar-refractivity contribution in [2.75, 3.05) is 6.54 Å². The molecule has 7 nitrogen and oxygen atoms in total. The lowest BCUT2D eigenvalue weighted by molar-refractivity contribution is -0.384. The van der Waals surface area contributed by atoms with Gasteiger partial charge in [0.05, 0.1) is 4.92 Å². The smallest absolute Gasteiger partial charge is 0.270 e. The number of hydrogen-bond donors (Lipinski definition) is 1. The van der Waals surface area contributed by atoms with Crippen LogP contribution in [0.3, 0.4) is 0 Å². The lowest BCUT2D eigenvalue weighted by Gasteiger charge is -2.02. The molecule has 1 aliphatic carbocycles. The minimum absolute atomic E-state index is 0.0532. The molecule has 1 N–H and O–H groups in total. The molecule has 21 heavy (non-hydrogen) atoms. The van der Waals surface area contributed by atoms with Crippen molar-refractivity contribution in [3.63, 3.8) is 0 Å². The van der Waals surface area contributed by atoms with Gasteiger partial charge in [0.1, 0.15) is 6.33 Å². The number of aromatic nitrogens is 3. The molecule has 110 valence electrons. The van der Waals surface area contributed by atoms with E-state index >= 15 is 0 Å². The average molecular weight is 287 g/mol. The van der Waals surface area contributed by atoms with Crippen molar-refractivity contribution in [1.29, 1.82) is 0 Å². The molecule has 1 aromatic heterocycles. The molecular formula is C14H17N5O2. The first-order valence-corrected chi connectivity index (χ1v) is 7.10. The zero-order valence-corrected chi connectivity index (χ0v) is 11.6. The van der Waals surface area contributed by atoms with Crippen molar-refractivity contribution < 1.29 is 4.92 Å². The Kier molecular flexibility index (Phi) is 3.92. The Balaban J connectivity index is 1.60. The van der Waals surface area contributed by atoms with Crippen molar-refractivity contribution in [2.45, 2.75) is 31.8 Å². The van der Waals surface area contributed by atoms with Crippen molar-refractivity contribution in [1.82, 2.24) is 20.1 Å². The fourth-order valence-corrected chi connectivity index (χ4v) is 2.13. The highest BCUT2D eigenvalue weighted by molar-refractivity contribution is 5.58. The highest BCUT2D eigenvalue weighted by atomic mass is 16.6. The van der Waals surface area contributed by atoms with Gasteiger partial charge < -0.3 is 5.32 Å². The van der Waals surface area contributed by atoms with Crippen LogP contribution in [0.25, 0.3) is 11.4 Å². The molecule has 0 spiro atoms. The zero-order valence-electron chi connectivity index (χ0n) is 11.6. The molecule has 0 radical (unpaired) electrons. The number of nitrogens with one attached hydrogen (secondary N) is 1. The van der Waals surface area contributed by atoms with Crippen LogP contribution in [0.5, 0.6) is 0 Å². The topological polar surface area (TPSA) is 85.9 Å². The summed E-state index contributed by atoms with van der Waals surface area (Å²) >= 11 is 0. The van der Waals surface area contributed by atoms with Gasteiger partial charge in [-0.15, -0.1) is 0 Å². The van der Waals surface area contributed by atoms with E-state index in [4.69, 9.17) is 0 Å². The molecule has 3 rings (SSSR count). The Morgan fingerprint density at radius 2 is 2.29 bits per heavy atom. The maximum atomic E-state index is 10.8. The highest BCUT2D eigenvalue weighted by Crippen LogP contribution is 2.20. The third-order valence-electron chi connectivity index (χ3n) is 3.43. The molecule has 7 heteroatoms. The second kappa shape index (κ2) is 6.01. The molecule has 0 unspecified atom stereocenters. The van der Waals surface area contributed by atoms with Gasteiger partial charge in [-0.05, 0) is 25.8 Å². The van der Waals surface area contributed by atoms with Gasteiger partial charge in [-0.3, -0.25) is 14.8 Å². The molecule has 0 amide bonds. The van der Waals surface area contributed by atoms with Crippen LogP contribution in [-0.4, -0.2) is 32.3 Å². The molecule has 0 bridgehead atoms. The number of benzene rings is 1. The first-order valence-electron chi connectivity index (χ1n) is 7.10. The second-order valence-electron chi connectivity index (χ2n) is 5.22. The fraction of sp³-hybridized carbons (Fsp3) is 0.429. The molecule has 0 aliphatic heterocycles. The minimum Gasteiger partial charge on any atom is -0.314 e. The molecule has 2 aromatic rings. The van der Waals surface area contributed by atoms with Crippen LogP contribution < -0.4 is 5.32 Å². The van der Waals surface area contributed by atoms with Gasteiger partial charge in [0, 0.05) is 30.3 Å². The number of hydrogen-bond acceptors (Lipinski definition) is 5. The number of rotatable bonds is 7. The van der Waals surface area contributed by atoms with Crippen LogP contribution in [0.2, 0.25) is 0 Å². The van der Waals surface area contributed by atoms with E-state index in [1.807, 2.05) is 0 Å². The first-order chi connectivity index (χ1) is 10.2. The Hall–Kier alpha value is -2.28. The van der Waals surface area contributed by atoms with Crippen LogP contribution in [-0.2, 0) is 6.54 Å². The summed E-state index contributed by atoms with van der Waals surface area (Å²) < 4.78 is 1.78. The normalized spacial score (nSPS) is 14.3. The summed E-state index contributed by atoms with van der Waals surface area (Å²) in [6.45, 7) is 1.78. The zero-order chi connectivity index (χ0) is 14.7. The van der Waals surface area contributed by atoms with Crippen LogP contribution in [0.4, 0.5) is 5.69 Å². The maximum Gasteiger partial charge on any atom is 0.270 e. The van der Waals surface area contributed by atoms with E-state index in [0.717, 1.165) is 25.6 Å². The lowest BCUT2D eigenvalue weighted by Crippen LogP contribution is -2.19. The molecule has 1 aromatic carbocycles. The predicted octanol–water partition coefficient (Wildman–Crippen LogP) is 2.00. The predicted molar refractivity (Wildman–Crippen MR) is 77.8 cm³/mol. The van der Waals surface area contributed by atoms with E-state index < -0.39 is 4.92 Å². The highest BCUT2D eigenvalue weighted by Gasteiger charge is 2.19. The van der Waals surface area contributed by atoms with E-state index in [0.29, 0.717) is 11.4 Å². The number of aryl methyl sites for hydroxylation is 1. The summed E-state index contributed by atoms with van der Waals surface area (Å²) in [5.74, 6) is 0.522. The summed E-state index contributed by atoms with van der Waals surface area (Å²) in [7, 11) is 0. The van der Waals surface area contributed by atoms with Crippen molar-refractivity contribution in [3.05, 3.63) is 40.7 Å². The number of nitro benzene ring substituents is 1. The van der Waals surface area contributed by atoms with Crippen molar-refractivity contribution in [2.24, 2.45) is 0 Å². The van der Waals surface area contributed by atoms with Gasteiger partial charge in [0.15, 0.2) is 5.82 Å². The van der Waals surface area contributed by atoms with E-state index in [9.17, 15) is 10.1 Å². The Morgan fingerprint density at radius 1 is 1.43 bits per heavy atom. The van der Waals surface area contributed by atoms with Gasteiger partial charge in [-0.2, -0.15) is 5.10 Å². The molecule has 1 heterocycles. The average Bonchev–Trinajstić information content (AvgIpc) is 3.20. The van der Waals surface area contributed by atoms with Gasteiger partial charge in [-0.25, -0.2) is 4.98 Å². The molecule has 1 aliphatic rings. The van der Waals surface area contributed by atoms with Gasteiger partial charge in [-0.1, -0.05) is 12.1 Å². The largest absolute Gasteiger partial charge is 0.314 e. The summed E-state index contributed by atoms with van der Waals surface area (Å²) in [6, 6.07) is 7.11. The minimum atomic E-state index is -0.413. The summed E-state index contributed by atoms with van der Waals surface area (Å²) in [5, 5.41) is 18.6. The third kappa shape index (κ3) is 3.63. The van der Waals surface area contributed by atoms with E-state index in [-0.39, 0.29) is 5.69 Å². The second-order valence-corrected chi connectivity index (χ2v) is 5.22. The van der Waals surface area contributed by atoms with Crippen LogP contribution in [0.1, 0.15) is 19.3 Å². The standard InChI is InChI=1S/C14H17N5O2/c20-19(21)13-4-1-3-11(9-13)14-16-10-18(17-14)8-2-7-15-12-5-6-12/h1,3-4,9-10,12,15H,2,5-8H2. The summed E-state index contributed by atoms with van der Waals surface area (Å²) in [6.07, 6.45) is 5.25. The summed E-state index contributed by atoms with van der Waals surface area (Å²) in [4.78, 5) is 14.6. The maximum absolute atomic E-state index is 10.8. The number of nitro groups is 1. The Labute approximate surface area is 122 Å². The van der Waals surface area contributed by atoms with Gasteiger partial charge >= 0.3 is 0 Å². The molecule has 1 saturated carbocycles. The number of non-ortho nitro benzene ring substituents is 1. The lowest BCUT2D eigenvalue weighted by atomic mass is 10.2. The van der Waals surface area contributed by atoms with Gasteiger partial charge in [0.2, 0.25) is 0 Å². The van der Waals surface area contributed by atoms with Crippen molar-refractivity contribution >= 4 is 5.69 Å². The van der Waals surface area contributed by atoms with Crippen LogP contribution >= 0.6 is 0 Å². The molecule has 0 saturated heterocycles. The van der Waals surface area contributed by atoms with E-state index in [1.165, 1.54) is 25.0 Å². The summed E-state index contributed by atoms with van der Waals surface area (Å²) in [5.41, 5.74) is 0.719. The SMILES string of the molecule is O=[N+]([O-])c1cccc(-c2ncn(CCCNC3CC3)n2)c1. The number of nitrogens with zero attached hydrogens (tertiary/aromatic N) is 4. The Morgan fingerprint density at radius 3 is 3.05 bits per heavy atom. The molecular weight excluding hydrogens is 270 g/mol. The van der Waals surface area contributed by atoms with Crippen LogP contribution in [0, 0.1) is 10.1 Å². The Bertz CT molecular complexity index is 636. The quantitative estimate of drug-likeness (QED) is 0.478. The molecule has 1 fully saturated rings. The monoisotopic (exact) mass is 287 g/mol.